The predicted octanol–water partition coefficient (Wildman–Crippen LogP) is 4.80. The fourth-order valence-corrected chi connectivity index (χ4v) is 4.03. The third-order valence-electron chi connectivity index (χ3n) is 3.84. The maximum atomic E-state index is 12.2. The summed E-state index contributed by atoms with van der Waals surface area (Å²) < 4.78 is 11.5. The second-order valence-corrected chi connectivity index (χ2v) is 7.02. The van der Waals surface area contributed by atoms with Crippen LogP contribution in [0.1, 0.15) is 10.4 Å². The van der Waals surface area contributed by atoms with Crippen LogP contribution in [-0.2, 0) is 9.53 Å². The van der Waals surface area contributed by atoms with E-state index in [1.54, 1.807) is 30.3 Å². The van der Waals surface area contributed by atoms with Crippen LogP contribution in [0.5, 0.6) is 5.75 Å². The van der Waals surface area contributed by atoms with Crippen molar-refractivity contribution in [1.29, 1.82) is 5.26 Å². The van der Waals surface area contributed by atoms with E-state index >= 15 is 0 Å². The summed E-state index contributed by atoms with van der Waals surface area (Å²) >= 11 is 7.86. The van der Waals surface area contributed by atoms with Crippen LogP contribution in [0.15, 0.2) is 59.2 Å². The summed E-state index contributed by atoms with van der Waals surface area (Å²) in [6.07, 6.45) is 1.63. The molecule has 0 fully saturated rings. The molecule has 0 unspecified atom stereocenters. The van der Waals surface area contributed by atoms with E-state index in [-0.39, 0.29) is 18.2 Å². The first-order valence-electron chi connectivity index (χ1n) is 7.95. The largest absolute Gasteiger partial charge is 0.479 e. The van der Waals surface area contributed by atoms with Gasteiger partial charge in [0.2, 0.25) is 5.90 Å². The van der Waals surface area contributed by atoms with Crippen molar-refractivity contribution in [2.45, 2.75) is 0 Å². The number of nitrogens with zero attached hydrogens (tertiary/aromatic N) is 2. The normalized spacial score (nSPS) is 14.9. The minimum atomic E-state index is -0.525. The smallest absolute Gasteiger partial charge is 0.363 e. The SMILES string of the molecule is N#CCOc1ccc(/C=C2\N=C(c3sc4ccccc4c3Cl)OC2=O)cc1. The molecular formula is C20H11ClN2O3S. The molecule has 0 aliphatic carbocycles. The lowest BCUT2D eigenvalue weighted by molar-refractivity contribution is -0.129. The van der Waals surface area contributed by atoms with Crippen molar-refractivity contribution in [2.24, 2.45) is 4.99 Å². The van der Waals surface area contributed by atoms with Crippen LogP contribution in [0.3, 0.4) is 0 Å². The molecule has 7 heteroatoms. The van der Waals surface area contributed by atoms with Gasteiger partial charge in [0.1, 0.15) is 16.7 Å². The number of fused-ring (bicyclic) bond motifs is 1. The Bertz CT molecular complexity index is 1140. The average molecular weight is 395 g/mol. The third kappa shape index (κ3) is 3.43. The summed E-state index contributed by atoms with van der Waals surface area (Å²) in [6.45, 7) is -0.0175. The molecule has 0 saturated heterocycles. The zero-order valence-corrected chi connectivity index (χ0v) is 15.4. The molecule has 0 bridgehead atoms. The molecule has 0 amide bonds. The van der Waals surface area contributed by atoms with Crippen LogP contribution < -0.4 is 4.74 Å². The minimum Gasteiger partial charge on any atom is -0.479 e. The van der Waals surface area contributed by atoms with Crippen LogP contribution >= 0.6 is 22.9 Å². The van der Waals surface area contributed by atoms with Gasteiger partial charge in [0.05, 0.1) is 5.02 Å². The Hall–Kier alpha value is -3.14. The maximum Gasteiger partial charge on any atom is 0.363 e. The summed E-state index contributed by atoms with van der Waals surface area (Å²) in [5.41, 5.74) is 0.961. The van der Waals surface area contributed by atoms with Gasteiger partial charge in [-0.3, -0.25) is 0 Å². The van der Waals surface area contributed by atoms with Crippen molar-refractivity contribution in [3.63, 3.8) is 0 Å². The summed E-state index contributed by atoms with van der Waals surface area (Å²) in [4.78, 5) is 17.1. The fourth-order valence-electron chi connectivity index (χ4n) is 2.59. The van der Waals surface area contributed by atoms with Crippen LogP contribution in [0.4, 0.5) is 0 Å². The molecule has 0 spiro atoms. The van der Waals surface area contributed by atoms with Gasteiger partial charge in [0.25, 0.3) is 0 Å². The fraction of sp³-hybridized carbons (Fsp3) is 0.0500. The van der Waals surface area contributed by atoms with E-state index in [0.717, 1.165) is 15.6 Å². The van der Waals surface area contributed by atoms with Crippen LogP contribution in [-0.4, -0.2) is 18.5 Å². The quantitative estimate of drug-likeness (QED) is 0.470. The predicted molar refractivity (Wildman–Crippen MR) is 105 cm³/mol. The number of cyclic esters (lactones) is 1. The van der Waals surface area contributed by atoms with E-state index < -0.39 is 5.97 Å². The van der Waals surface area contributed by atoms with Gasteiger partial charge >= 0.3 is 5.97 Å². The topological polar surface area (TPSA) is 71.7 Å². The molecule has 1 aromatic heterocycles. The van der Waals surface area contributed by atoms with Gasteiger partial charge < -0.3 is 9.47 Å². The van der Waals surface area contributed by atoms with Crippen molar-refractivity contribution in [3.8, 4) is 11.8 Å². The molecule has 2 aromatic carbocycles. The van der Waals surface area contributed by atoms with E-state index in [2.05, 4.69) is 4.99 Å². The standard InChI is InChI=1S/C20H11ClN2O3S/c21-17-14-3-1-2-4-16(14)27-18(17)19-23-15(20(24)26-19)11-12-5-7-13(8-6-12)25-10-9-22/h1-8,11H,10H2/b15-11-. The Morgan fingerprint density at radius 2 is 2.00 bits per heavy atom. The first-order valence-corrected chi connectivity index (χ1v) is 9.15. The summed E-state index contributed by atoms with van der Waals surface area (Å²) in [7, 11) is 0. The lowest BCUT2D eigenvalue weighted by Gasteiger charge is -2.01. The maximum absolute atomic E-state index is 12.2. The van der Waals surface area contributed by atoms with Crippen LogP contribution in [0, 0.1) is 11.3 Å². The number of ether oxygens (including phenoxy) is 2. The highest BCUT2D eigenvalue weighted by Gasteiger charge is 2.27. The number of benzene rings is 2. The molecule has 4 rings (SSSR count). The van der Waals surface area contributed by atoms with Crippen molar-refractivity contribution in [3.05, 3.63) is 69.7 Å². The van der Waals surface area contributed by atoms with Crippen LogP contribution in [0.25, 0.3) is 16.2 Å². The van der Waals surface area contributed by atoms with Gasteiger partial charge in [-0.15, -0.1) is 11.3 Å². The summed E-state index contributed by atoms with van der Waals surface area (Å²) in [5.74, 6) is 0.267. The van der Waals surface area contributed by atoms with Gasteiger partial charge in [0, 0.05) is 10.1 Å². The number of nitriles is 1. The molecule has 1 aliphatic rings. The highest BCUT2D eigenvalue weighted by Crippen LogP contribution is 2.37. The van der Waals surface area contributed by atoms with Gasteiger partial charge in [-0.2, -0.15) is 5.26 Å². The highest BCUT2D eigenvalue weighted by atomic mass is 35.5. The minimum absolute atomic E-state index is 0.0175. The van der Waals surface area contributed by atoms with E-state index in [0.29, 0.717) is 15.6 Å². The summed E-state index contributed by atoms with van der Waals surface area (Å²) in [6, 6.07) is 16.6. The summed E-state index contributed by atoms with van der Waals surface area (Å²) in [5, 5.41) is 9.96. The number of hydrogen-bond acceptors (Lipinski definition) is 6. The number of esters is 1. The number of rotatable bonds is 4. The van der Waals surface area contributed by atoms with Crippen molar-refractivity contribution >= 4 is 51.0 Å². The zero-order chi connectivity index (χ0) is 18.8. The Balaban J connectivity index is 1.63. The molecule has 1 aliphatic heterocycles. The number of carbonyl (C=O) groups excluding carboxylic acids is 1. The molecule has 2 heterocycles. The van der Waals surface area contributed by atoms with E-state index in [9.17, 15) is 4.79 Å². The first kappa shape index (κ1) is 17.3. The van der Waals surface area contributed by atoms with Crippen molar-refractivity contribution < 1.29 is 14.3 Å². The first-order chi connectivity index (χ1) is 13.2. The van der Waals surface area contributed by atoms with E-state index in [1.807, 2.05) is 30.3 Å². The van der Waals surface area contributed by atoms with Gasteiger partial charge in [-0.05, 0) is 29.8 Å². The van der Waals surface area contributed by atoms with Crippen molar-refractivity contribution in [2.75, 3.05) is 6.61 Å². The lowest BCUT2D eigenvalue weighted by atomic mass is 10.2. The van der Waals surface area contributed by atoms with Gasteiger partial charge in [-0.25, -0.2) is 9.79 Å². The molecule has 0 atom stereocenters. The third-order valence-corrected chi connectivity index (χ3v) is 5.50. The molecule has 5 nitrogen and oxygen atoms in total. The lowest BCUT2D eigenvalue weighted by Crippen LogP contribution is -2.04. The average Bonchev–Trinajstić information content (AvgIpc) is 3.21. The highest BCUT2D eigenvalue weighted by molar-refractivity contribution is 7.21. The Kier molecular flexibility index (Phi) is 4.63. The molecule has 132 valence electrons. The van der Waals surface area contributed by atoms with Crippen LogP contribution in [0.2, 0.25) is 5.02 Å². The molecular weight excluding hydrogens is 384 g/mol. The molecule has 0 N–H and O–H groups in total. The Labute approximate surface area is 163 Å². The van der Waals surface area contributed by atoms with E-state index in [4.69, 9.17) is 26.3 Å². The van der Waals surface area contributed by atoms with Crippen molar-refractivity contribution in [1.82, 2.24) is 0 Å². The Morgan fingerprint density at radius 3 is 2.74 bits per heavy atom. The number of aliphatic imine (C=N–C) groups is 1. The molecule has 27 heavy (non-hydrogen) atoms. The Morgan fingerprint density at radius 1 is 1.22 bits per heavy atom. The number of hydrogen-bond donors (Lipinski definition) is 0. The zero-order valence-electron chi connectivity index (χ0n) is 13.8. The monoisotopic (exact) mass is 394 g/mol. The van der Waals surface area contributed by atoms with E-state index in [1.165, 1.54) is 11.3 Å². The second-order valence-electron chi connectivity index (χ2n) is 5.59. The van der Waals surface area contributed by atoms with Gasteiger partial charge in [0.15, 0.2) is 12.3 Å². The van der Waals surface area contributed by atoms with Gasteiger partial charge in [-0.1, -0.05) is 41.9 Å². The molecule has 0 radical (unpaired) electrons. The second kappa shape index (κ2) is 7.23. The molecule has 0 saturated carbocycles. The number of thiophene rings is 1. The number of carbonyl (C=O) groups is 1. The molecule has 3 aromatic rings. The number of halogens is 1.